The quantitative estimate of drug-likeness (QED) is 0.560. The molecule has 4 rings (SSSR count). The van der Waals surface area contributed by atoms with Crippen LogP contribution in [0.1, 0.15) is 23.0 Å². The first-order valence-corrected chi connectivity index (χ1v) is 9.22. The third kappa shape index (κ3) is 6.29. The Labute approximate surface area is 189 Å². The molecule has 0 bridgehead atoms. The Morgan fingerprint density at radius 3 is 2.10 bits per heavy atom. The Hall–Kier alpha value is -1.91. The number of rotatable bonds is 4. The van der Waals surface area contributed by atoms with Gasteiger partial charge in [0.1, 0.15) is 17.2 Å². The minimum atomic E-state index is -0.545. The number of aromatic nitrogens is 1. The van der Waals surface area contributed by atoms with Crippen molar-refractivity contribution in [3.63, 3.8) is 0 Å². The van der Waals surface area contributed by atoms with Crippen LogP contribution >= 0.6 is 0 Å². The molecule has 2 aliphatic rings. The predicted octanol–water partition coefficient (Wildman–Crippen LogP) is 4.42. The summed E-state index contributed by atoms with van der Waals surface area (Å²) in [4.78, 5) is 16.6. The van der Waals surface area contributed by atoms with Crippen LogP contribution in [0, 0.1) is 69.5 Å². The zero-order valence-electron chi connectivity index (χ0n) is 16.4. The maximum absolute atomic E-state index is 13.2. The van der Waals surface area contributed by atoms with Crippen LogP contribution in [-0.2, 0) is 21.8 Å². The van der Waals surface area contributed by atoms with Gasteiger partial charge in [0.25, 0.3) is 0 Å². The molecule has 0 spiro atoms. The van der Waals surface area contributed by atoms with E-state index < -0.39 is 5.97 Å². The van der Waals surface area contributed by atoms with Crippen LogP contribution in [0.2, 0.25) is 0 Å². The summed E-state index contributed by atoms with van der Waals surface area (Å²) in [7, 11) is 0. The van der Waals surface area contributed by atoms with E-state index in [1.165, 1.54) is 12.1 Å². The van der Waals surface area contributed by atoms with Gasteiger partial charge in [-0.3, -0.25) is 0 Å². The molecule has 2 aliphatic carbocycles. The summed E-state index contributed by atoms with van der Waals surface area (Å²) in [5, 5.41) is 0. The van der Waals surface area contributed by atoms with E-state index >= 15 is 0 Å². The van der Waals surface area contributed by atoms with Crippen molar-refractivity contribution in [3.8, 4) is 11.1 Å². The van der Waals surface area contributed by atoms with Gasteiger partial charge in [-0.15, -0.1) is 0 Å². The number of pyridine rings is 1. The van der Waals surface area contributed by atoms with E-state index in [1.54, 1.807) is 25.1 Å². The number of anilines is 1. The minimum absolute atomic E-state index is 0. The first kappa shape index (κ1) is 24.4. The van der Waals surface area contributed by atoms with E-state index in [4.69, 9.17) is 10.5 Å². The number of carbonyl (C=O) groups is 1. The van der Waals surface area contributed by atoms with Crippen LogP contribution < -0.4 is 5.73 Å². The summed E-state index contributed by atoms with van der Waals surface area (Å²) >= 11 is 0. The molecule has 1 heterocycles. The average Bonchev–Trinajstić information content (AvgIpc) is 3.44. The molecule has 30 heavy (non-hydrogen) atoms. The smallest absolute Gasteiger partial charge is 0.462 e. The number of halogens is 1. The van der Waals surface area contributed by atoms with Crippen LogP contribution in [-0.4, -0.2) is 17.6 Å². The van der Waals surface area contributed by atoms with Crippen molar-refractivity contribution in [2.45, 2.75) is 6.92 Å². The van der Waals surface area contributed by atoms with Crippen molar-refractivity contribution in [2.75, 3.05) is 12.3 Å². The molecule has 152 valence electrons. The predicted molar refractivity (Wildman–Crippen MR) is 111 cm³/mol. The molecule has 2 N–H and O–H groups in total. The van der Waals surface area contributed by atoms with E-state index in [1.807, 2.05) is 57.8 Å². The number of esters is 1. The van der Waals surface area contributed by atoms with E-state index in [0.29, 0.717) is 16.8 Å². The molecule has 1 aromatic carbocycles. The van der Waals surface area contributed by atoms with Gasteiger partial charge < -0.3 is 10.5 Å². The van der Waals surface area contributed by atoms with Gasteiger partial charge in [-0.25, -0.2) is 14.2 Å². The fraction of sp³-hybridized carbons (Fsp3) is 0.0833. The SMILES string of the molecule is CCOC(=O)c1c(-c2ccc(F)cc2)cc([C]2[CH][CH][CH][CH]2)nc1N.[CH]1[CH][CH][CH][CH]1.[Fe+2]. The number of carbonyl (C=O) groups excluding carboxylic acids is 1. The molecule has 2 aromatic rings. The molecule has 2 saturated carbocycles. The third-order valence-corrected chi connectivity index (χ3v) is 4.20. The number of hydrogen-bond donors (Lipinski definition) is 1. The first-order chi connectivity index (χ1) is 14.1. The standard InChI is InChI=1S/C19H16FN2O2.C5H5.Fe/c1-2-24-19(23)17-15(12-7-9-14(20)10-8-12)11-16(22-18(17)21)13-5-3-4-6-13;1-2-4-5-3-1;/h3-11H,2H2,1H3,(H2,21,22);1-5H;/q;;+2. The number of ether oxygens (including phenoxy) is 1. The Morgan fingerprint density at radius 1 is 1.00 bits per heavy atom. The molecule has 1 aromatic heterocycles. The molecule has 10 radical (unpaired) electrons. The molecule has 2 fully saturated rings. The largest absolute Gasteiger partial charge is 2.00 e. The third-order valence-electron chi connectivity index (χ3n) is 4.20. The monoisotopic (exact) mass is 444 g/mol. The van der Waals surface area contributed by atoms with Gasteiger partial charge >= 0.3 is 23.0 Å². The second-order valence-electron chi connectivity index (χ2n) is 6.18. The van der Waals surface area contributed by atoms with Crippen molar-refractivity contribution < 1.29 is 31.0 Å². The van der Waals surface area contributed by atoms with Crippen LogP contribution in [0.5, 0.6) is 0 Å². The molecule has 0 aliphatic heterocycles. The molecule has 0 amide bonds. The second kappa shape index (κ2) is 12.1. The molecule has 0 saturated heterocycles. The average molecular weight is 444 g/mol. The Bertz CT molecular complexity index is 809. The summed E-state index contributed by atoms with van der Waals surface area (Å²) in [5.74, 6) is 0.0811. The van der Waals surface area contributed by atoms with Gasteiger partial charge in [-0.05, 0) is 88.5 Å². The summed E-state index contributed by atoms with van der Waals surface area (Å²) in [6.07, 6.45) is 17.6. The number of hydrogen-bond acceptors (Lipinski definition) is 4. The number of nitrogens with two attached hydrogens (primary N) is 1. The zero-order valence-corrected chi connectivity index (χ0v) is 17.5. The first-order valence-electron chi connectivity index (χ1n) is 9.22. The zero-order chi connectivity index (χ0) is 20.6. The van der Waals surface area contributed by atoms with Crippen molar-refractivity contribution in [2.24, 2.45) is 0 Å². The van der Waals surface area contributed by atoms with Crippen LogP contribution in [0.15, 0.2) is 30.3 Å². The van der Waals surface area contributed by atoms with Crippen LogP contribution in [0.4, 0.5) is 10.2 Å². The van der Waals surface area contributed by atoms with Crippen LogP contribution in [0.3, 0.4) is 0 Å². The van der Waals surface area contributed by atoms with E-state index in [0.717, 1.165) is 5.92 Å². The molecular weight excluding hydrogens is 423 g/mol. The Balaban J connectivity index is 0.000000468. The fourth-order valence-electron chi connectivity index (χ4n) is 2.85. The van der Waals surface area contributed by atoms with Gasteiger partial charge in [0.15, 0.2) is 0 Å². The van der Waals surface area contributed by atoms with Gasteiger partial charge in [0.05, 0.1) is 12.3 Å². The fourth-order valence-corrected chi connectivity index (χ4v) is 2.85. The summed E-state index contributed by atoms with van der Waals surface area (Å²) in [6, 6.07) is 7.64. The molecule has 0 atom stereocenters. The topological polar surface area (TPSA) is 65.2 Å². The Morgan fingerprint density at radius 2 is 1.57 bits per heavy atom. The van der Waals surface area contributed by atoms with Crippen LogP contribution in [0.25, 0.3) is 11.1 Å². The van der Waals surface area contributed by atoms with Crippen molar-refractivity contribution in [3.05, 3.63) is 111 Å². The Kier molecular flexibility index (Phi) is 9.80. The van der Waals surface area contributed by atoms with Gasteiger partial charge in [0.2, 0.25) is 0 Å². The molecular formula is C24H21FFeN2O2+2. The van der Waals surface area contributed by atoms with Crippen molar-refractivity contribution in [1.29, 1.82) is 0 Å². The normalized spacial score (nSPS) is 15.8. The van der Waals surface area contributed by atoms with Gasteiger partial charge in [-0.1, -0.05) is 12.1 Å². The summed E-state index contributed by atoms with van der Waals surface area (Å²) in [6.45, 7) is 1.95. The molecule has 6 heteroatoms. The minimum Gasteiger partial charge on any atom is -0.462 e. The van der Waals surface area contributed by atoms with E-state index in [9.17, 15) is 9.18 Å². The van der Waals surface area contributed by atoms with E-state index in [2.05, 4.69) is 4.98 Å². The molecule has 0 unspecified atom stereocenters. The summed E-state index contributed by atoms with van der Waals surface area (Å²) in [5.41, 5.74) is 8.11. The van der Waals surface area contributed by atoms with Crippen molar-refractivity contribution >= 4 is 11.8 Å². The number of benzene rings is 1. The summed E-state index contributed by atoms with van der Waals surface area (Å²) < 4.78 is 18.3. The van der Waals surface area contributed by atoms with E-state index in [-0.39, 0.29) is 40.9 Å². The number of nitrogens with zero attached hydrogens (tertiary/aromatic N) is 1. The van der Waals surface area contributed by atoms with Crippen molar-refractivity contribution in [1.82, 2.24) is 4.98 Å². The maximum Gasteiger partial charge on any atom is 2.00 e. The maximum atomic E-state index is 13.2. The van der Waals surface area contributed by atoms with Gasteiger partial charge in [0, 0.05) is 11.5 Å². The van der Waals surface area contributed by atoms with Gasteiger partial charge in [-0.2, -0.15) is 0 Å². The molecule has 4 nitrogen and oxygen atoms in total. The number of nitrogen functional groups attached to an aromatic ring is 1. The second-order valence-corrected chi connectivity index (χ2v) is 6.18.